The average Bonchev–Trinajstić information content (AvgIpc) is 2.27. The number of benzene rings is 1. The lowest BCUT2D eigenvalue weighted by Crippen LogP contribution is -2.54. The maximum atomic E-state index is 11.4. The van der Waals surface area contributed by atoms with Crippen LogP contribution in [0.25, 0.3) is 0 Å². The van der Waals surface area contributed by atoms with Crippen molar-refractivity contribution < 1.29 is 8.42 Å². The monoisotopic (exact) mass is 268 g/mol. The van der Waals surface area contributed by atoms with Crippen molar-refractivity contribution in [2.75, 3.05) is 24.2 Å². The normalized spacial score (nSPS) is 25.2. The molecule has 100 valence electrons. The third kappa shape index (κ3) is 3.03. The molecule has 5 heteroatoms. The fourth-order valence-electron chi connectivity index (χ4n) is 2.44. The molecule has 1 saturated heterocycles. The Morgan fingerprint density at radius 2 is 1.61 bits per heavy atom. The van der Waals surface area contributed by atoms with Crippen LogP contribution in [0.2, 0.25) is 0 Å². The van der Waals surface area contributed by atoms with Crippen molar-refractivity contribution in [1.82, 2.24) is 5.32 Å². The Labute approximate surface area is 109 Å². The van der Waals surface area contributed by atoms with E-state index in [1.807, 2.05) is 12.1 Å². The van der Waals surface area contributed by atoms with E-state index in [9.17, 15) is 8.42 Å². The van der Waals surface area contributed by atoms with Crippen molar-refractivity contribution in [2.24, 2.45) is 0 Å². The molecule has 1 aromatic rings. The Balaban J connectivity index is 2.19. The third-order valence-electron chi connectivity index (χ3n) is 3.19. The van der Waals surface area contributed by atoms with E-state index >= 15 is 0 Å². The van der Waals surface area contributed by atoms with Crippen LogP contribution < -0.4 is 10.2 Å². The fraction of sp³-hybridized carbons (Fsp3) is 0.538. The number of sulfone groups is 1. The molecule has 0 amide bonds. The molecular weight excluding hydrogens is 248 g/mol. The molecule has 4 nitrogen and oxygen atoms in total. The summed E-state index contributed by atoms with van der Waals surface area (Å²) in [5, 5.41) is 3.48. The molecular formula is C13H20N2O2S. The van der Waals surface area contributed by atoms with Crippen LogP contribution in [0.15, 0.2) is 29.2 Å². The van der Waals surface area contributed by atoms with Crippen molar-refractivity contribution in [3.05, 3.63) is 24.3 Å². The number of nitrogens with zero attached hydrogens (tertiary/aromatic N) is 1. The zero-order chi connectivity index (χ0) is 13.3. The average molecular weight is 268 g/mol. The van der Waals surface area contributed by atoms with Gasteiger partial charge in [-0.1, -0.05) is 0 Å². The largest absolute Gasteiger partial charge is 0.368 e. The van der Waals surface area contributed by atoms with E-state index in [1.54, 1.807) is 12.1 Å². The van der Waals surface area contributed by atoms with Crippen molar-refractivity contribution in [2.45, 2.75) is 30.8 Å². The summed E-state index contributed by atoms with van der Waals surface area (Å²) < 4.78 is 22.8. The van der Waals surface area contributed by atoms with Gasteiger partial charge < -0.3 is 10.2 Å². The van der Waals surface area contributed by atoms with Gasteiger partial charge in [-0.05, 0) is 38.1 Å². The molecule has 2 atom stereocenters. The molecule has 2 rings (SSSR count). The van der Waals surface area contributed by atoms with Crippen LogP contribution in [-0.2, 0) is 9.84 Å². The number of rotatable bonds is 2. The Morgan fingerprint density at radius 1 is 1.11 bits per heavy atom. The van der Waals surface area contributed by atoms with Gasteiger partial charge >= 0.3 is 0 Å². The molecule has 1 aliphatic rings. The maximum Gasteiger partial charge on any atom is 0.175 e. The van der Waals surface area contributed by atoms with Gasteiger partial charge in [0.1, 0.15) is 0 Å². The molecule has 0 saturated carbocycles. The van der Waals surface area contributed by atoms with Gasteiger partial charge in [-0.15, -0.1) is 0 Å². The quantitative estimate of drug-likeness (QED) is 0.878. The van der Waals surface area contributed by atoms with E-state index in [2.05, 4.69) is 24.1 Å². The van der Waals surface area contributed by atoms with Crippen LogP contribution in [0.1, 0.15) is 13.8 Å². The van der Waals surface area contributed by atoms with Crippen molar-refractivity contribution in [1.29, 1.82) is 0 Å². The number of hydrogen-bond acceptors (Lipinski definition) is 4. The lowest BCUT2D eigenvalue weighted by molar-refractivity contribution is 0.407. The van der Waals surface area contributed by atoms with Crippen molar-refractivity contribution in [3.8, 4) is 0 Å². The zero-order valence-electron chi connectivity index (χ0n) is 11.1. The molecule has 1 aliphatic heterocycles. The minimum atomic E-state index is -3.10. The molecule has 1 N–H and O–H groups in total. The van der Waals surface area contributed by atoms with Gasteiger partial charge in [-0.2, -0.15) is 0 Å². The summed E-state index contributed by atoms with van der Waals surface area (Å²) in [5.74, 6) is 0. The summed E-state index contributed by atoms with van der Waals surface area (Å²) in [5.41, 5.74) is 1.09. The number of anilines is 1. The van der Waals surface area contributed by atoms with E-state index < -0.39 is 9.84 Å². The fourth-order valence-corrected chi connectivity index (χ4v) is 3.07. The van der Waals surface area contributed by atoms with E-state index in [0.29, 0.717) is 17.0 Å². The highest BCUT2D eigenvalue weighted by Crippen LogP contribution is 2.20. The van der Waals surface area contributed by atoms with Gasteiger partial charge in [0.2, 0.25) is 0 Å². The lowest BCUT2D eigenvalue weighted by atomic mass is 10.1. The predicted molar refractivity (Wildman–Crippen MR) is 73.8 cm³/mol. The molecule has 1 aromatic carbocycles. The highest BCUT2D eigenvalue weighted by atomic mass is 32.2. The molecule has 0 aromatic heterocycles. The van der Waals surface area contributed by atoms with E-state index in [0.717, 1.165) is 18.8 Å². The summed E-state index contributed by atoms with van der Waals surface area (Å²) in [6, 6.07) is 8.04. The number of nitrogens with one attached hydrogen (secondary N) is 1. The molecule has 0 radical (unpaired) electrons. The number of piperazine rings is 1. The molecule has 1 heterocycles. The van der Waals surface area contributed by atoms with Crippen LogP contribution in [0, 0.1) is 0 Å². The van der Waals surface area contributed by atoms with E-state index in [1.165, 1.54) is 6.26 Å². The Morgan fingerprint density at radius 3 is 2.06 bits per heavy atom. The maximum absolute atomic E-state index is 11.4. The minimum Gasteiger partial charge on any atom is -0.368 e. The summed E-state index contributed by atoms with van der Waals surface area (Å²) in [6.45, 7) is 6.21. The Kier molecular flexibility index (Phi) is 3.64. The molecule has 0 spiro atoms. The van der Waals surface area contributed by atoms with Gasteiger partial charge in [-0.3, -0.25) is 0 Å². The smallest absolute Gasteiger partial charge is 0.175 e. The first-order chi connectivity index (χ1) is 8.36. The molecule has 2 unspecified atom stereocenters. The zero-order valence-corrected chi connectivity index (χ0v) is 11.9. The highest BCUT2D eigenvalue weighted by molar-refractivity contribution is 7.90. The van der Waals surface area contributed by atoms with Crippen LogP contribution in [-0.4, -0.2) is 39.8 Å². The first-order valence-corrected chi connectivity index (χ1v) is 8.06. The van der Waals surface area contributed by atoms with Crippen LogP contribution in [0.4, 0.5) is 5.69 Å². The highest BCUT2D eigenvalue weighted by Gasteiger charge is 2.21. The van der Waals surface area contributed by atoms with Crippen LogP contribution in [0.5, 0.6) is 0 Å². The van der Waals surface area contributed by atoms with Crippen LogP contribution >= 0.6 is 0 Å². The predicted octanol–water partition coefficient (Wildman–Crippen LogP) is 1.28. The van der Waals surface area contributed by atoms with Gasteiger partial charge in [0.25, 0.3) is 0 Å². The minimum absolute atomic E-state index is 0.377. The van der Waals surface area contributed by atoms with Gasteiger partial charge in [0.05, 0.1) is 4.90 Å². The van der Waals surface area contributed by atoms with E-state index in [-0.39, 0.29) is 0 Å². The standard InChI is InChI=1S/C13H20N2O2S/c1-10-8-15(9-11(2)14-10)12-4-6-13(7-5-12)18(3,16)17/h4-7,10-11,14H,8-9H2,1-3H3. The number of hydrogen-bond donors (Lipinski definition) is 1. The van der Waals surface area contributed by atoms with Gasteiger partial charge in [-0.25, -0.2) is 8.42 Å². The molecule has 0 bridgehead atoms. The first-order valence-electron chi connectivity index (χ1n) is 6.17. The Bertz CT molecular complexity index is 500. The lowest BCUT2D eigenvalue weighted by Gasteiger charge is -2.37. The van der Waals surface area contributed by atoms with Gasteiger partial charge in [0, 0.05) is 37.1 Å². The summed E-state index contributed by atoms with van der Waals surface area (Å²) in [6.07, 6.45) is 1.23. The van der Waals surface area contributed by atoms with Crippen LogP contribution in [0.3, 0.4) is 0 Å². The molecule has 1 fully saturated rings. The van der Waals surface area contributed by atoms with Crippen molar-refractivity contribution in [3.63, 3.8) is 0 Å². The Hall–Kier alpha value is -1.07. The molecule has 0 aliphatic carbocycles. The third-order valence-corrected chi connectivity index (χ3v) is 4.32. The summed E-state index contributed by atoms with van der Waals surface area (Å²) >= 11 is 0. The first kappa shape index (κ1) is 13.4. The second-order valence-electron chi connectivity index (χ2n) is 5.14. The summed E-state index contributed by atoms with van der Waals surface area (Å²) in [4.78, 5) is 2.67. The van der Waals surface area contributed by atoms with E-state index in [4.69, 9.17) is 0 Å². The van der Waals surface area contributed by atoms with Crippen molar-refractivity contribution >= 4 is 15.5 Å². The summed E-state index contributed by atoms with van der Waals surface area (Å²) in [7, 11) is -3.10. The van der Waals surface area contributed by atoms with Gasteiger partial charge in [0.15, 0.2) is 9.84 Å². The topological polar surface area (TPSA) is 49.4 Å². The molecule has 18 heavy (non-hydrogen) atoms. The second kappa shape index (κ2) is 4.90. The second-order valence-corrected chi connectivity index (χ2v) is 7.16. The SMILES string of the molecule is CC1CN(c2ccc(S(C)(=O)=O)cc2)CC(C)N1.